The van der Waals surface area contributed by atoms with Crippen LogP contribution in [0.3, 0.4) is 0 Å². The van der Waals surface area contributed by atoms with E-state index in [9.17, 15) is 14.7 Å². The molecule has 3 aliphatic carbocycles. The van der Waals surface area contributed by atoms with Crippen molar-refractivity contribution < 1.29 is 24.0 Å². The molecule has 2 amide bonds. The summed E-state index contributed by atoms with van der Waals surface area (Å²) < 4.78 is 10.7. The second-order valence-corrected chi connectivity index (χ2v) is 10.1. The molecule has 33 heavy (non-hydrogen) atoms. The summed E-state index contributed by atoms with van der Waals surface area (Å²) in [4.78, 5) is 25.3. The van der Waals surface area contributed by atoms with Gasteiger partial charge in [0.2, 0.25) is 5.76 Å². The van der Waals surface area contributed by atoms with E-state index in [0.29, 0.717) is 47.9 Å². The highest BCUT2D eigenvalue weighted by Crippen LogP contribution is 2.47. The molecule has 0 radical (unpaired) electrons. The quantitative estimate of drug-likeness (QED) is 0.537. The van der Waals surface area contributed by atoms with E-state index in [-0.39, 0.29) is 30.1 Å². The first-order valence-electron chi connectivity index (χ1n) is 11.0. The van der Waals surface area contributed by atoms with E-state index in [2.05, 4.69) is 15.8 Å². The lowest BCUT2D eigenvalue weighted by atomic mass is 9.60. The van der Waals surface area contributed by atoms with Gasteiger partial charge in [-0.25, -0.2) is 0 Å². The molecule has 3 fully saturated rings. The van der Waals surface area contributed by atoms with E-state index in [0.717, 1.165) is 5.69 Å². The maximum atomic E-state index is 12.7. The van der Waals surface area contributed by atoms with Gasteiger partial charge in [0.1, 0.15) is 5.75 Å². The van der Waals surface area contributed by atoms with Crippen molar-refractivity contribution in [3.05, 3.63) is 45.8 Å². The summed E-state index contributed by atoms with van der Waals surface area (Å²) in [5, 5.41) is 21.6. The Kier molecular flexibility index (Phi) is 6.62. The van der Waals surface area contributed by atoms with Gasteiger partial charge in [0, 0.05) is 17.7 Å². The number of carbonyl (C=O) groups is 2. The first kappa shape index (κ1) is 23.9. The number of halogens is 2. The molecule has 3 aliphatic rings. The SMILES string of the molecule is CC(C)c1cc(C(=O)NC23CCC(NC(=O)COc4ccc(Cl)c(Cl)c4)(CC2)[C@@H](O)C3)on1. The van der Waals surface area contributed by atoms with Crippen LogP contribution in [0.5, 0.6) is 5.75 Å². The number of aliphatic hydroxyl groups excluding tert-OH is 1. The van der Waals surface area contributed by atoms with E-state index in [1.807, 2.05) is 13.8 Å². The molecule has 0 saturated heterocycles. The highest BCUT2D eigenvalue weighted by Gasteiger charge is 2.55. The fourth-order valence-corrected chi connectivity index (χ4v) is 4.95. The van der Waals surface area contributed by atoms with Crippen molar-refractivity contribution in [3.8, 4) is 5.75 Å². The molecule has 178 valence electrons. The first-order valence-corrected chi connectivity index (χ1v) is 11.7. The number of carbonyl (C=O) groups excluding carboxylic acids is 2. The zero-order valence-electron chi connectivity index (χ0n) is 18.5. The van der Waals surface area contributed by atoms with Crippen LogP contribution in [-0.2, 0) is 4.79 Å². The Labute approximate surface area is 201 Å². The van der Waals surface area contributed by atoms with Gasteiger partial charge >= 0.3 is 0 Å². The van der Waals surface area contributed by atoms with Crippen molar-refractivity contribution in [2.75, 3.05) is 6.61 Å². The zero-order valence-corrected chi connectivity index (χ0v) is 20.0. The number of benzene rings is 1. The van der Waals surface area contributed by atoms with Gasteiger partial charge in [-0.05, 0) is 50.2 Å². The molecule has 1 atom stereocenters. The van der Waals surface area contributed by atoms with Crippen LogP contribution in [0, 0.1) is 0 Å². The smallest absolute Gasteiger partial charge is 0.290 e. The summed E-state index contributed by atoms with van der Waals surface area (Å²) >= 11 is 11.9. The van der Waals surface area contributed by atoms with Crippen molar-refractivity contribution in [1.82, 2.24) is 15.8 Å². The largest absolute Gasteiger partial charge is 0.484 e. The van der Waals surface area contributed by atoms with Crippen LogP contribution in [0.1, 0.15) is 68.1 Å². The molecule has 0 aliphatic heterocycles. The minimum atomic E-state index is -0.796. The molecular formula is C23H27Cl2N3O5. The maximum Gasteiger partial charge on any atom is 0.290 e. The fourth-order valence-electron chi connectivity index (χ4n) is 4.66. The van der Waals surface area contributed by atoms with Gasteiger partial charge in [0.15, 0.2) is 6.61 Å². The molecule has 0 unspecified atom stereocenters. The van der Waals surface area contributed by atoms with Gasteiger partial charge in [-0.15, -0.1) is 0 Å². The summed E-state index contributed by atoms with van der Waals surface area (Å²) in [5.41, 5.74) is -0.554. The number of ether oxygens (including phenoxy) is 1. The summed E-state index contributed by atoms with van der Waals surface area (Å²) in [6.07, 6.45) is 1.90. The van der Waals surface area contributed by atoms with Crippen LogP contribution in [0.15, 0.2) is 28.8 Å². The molecule has 1 aromatic carbocycles. The van der Waals surface area contributed by atoms with Crippen molar-refractivity contribution in [3.63, 3.8) is 0 Å². The fraction of sp³-hybridized carbons (Fsp3) is 0.522. The number of fused-ring (bicyclic) bond motifs is 3. The Morgan fingerprint density at radius 3 is 2.52 bits per heavy atom. The minimum absolute atomic E-state index is 0.157. The molecule has 10 heteroatoms. The molecule has 5 rings (SSSR count). The Morgan fingerprint density at radius 2 is 1.91 bits per heavy atom. The van der Waals surface area contributed by atoms with Crippen molar-refractivity contribution >= 4 is 35.0 Å². The molecule has 2 aromatic rings. The van der Waals surface area contributed by atoms with Crippen LogP contribution >= 0.6 is 23.2 Å². The minimum Gasteiger partial charge on any atom is -0.484 e. The molecule has 1 heterocycles. The normalized spacial score (nSPS) is 26.3. The predicted octanol–water partition coefficient (Wildman–Crippen LogP) is 3.85. The number of rotatable bonds is 7. The van der Waals surface area contributed by atoms with E-state index in [1.165, 1.54) is 0 Å². The Hall–Kier alpha value is -2.29. The third-order valence-electron chi connectivity index (χ3n) is 6.69. The van der Waals surface area contributed by atoms with Crippen LogP contribution < -0.4 is 15.4 Å². The monoisotopic (exact) mass is 495 g/mol. The zero-order chi connectivity index (χ0) is 23.8. The summed E-state index contributed by atoms with van der Waals surface area (Å²) in [5.74, 6) is 0.0819. The number of aliphatic hydroxyl groups is 1. The van der Waals surface area contributed by atoms with Crippen molar-refractivity contribution in [2.45, 2.75) is 69.1 Å². The van der Waals surface area contributed by atoms with E-state index in [4.69, 9.17) is 32.5 Å². The second kappa shape index (κ2) is 9.16. The molecule has 1 aromatic heterocycles. The second-order valence-electron chi connectivity index (χ2n) is 9.29. The van der Waals surface area contributed by atoms with Crippen LogP contribution in [-0.4, -0.2) is 45.9 Å². The average molecular weight is 496 g/mol. The van der Waals surface area contributed by atoms with E-state index < -0.39 is 17.2 Å². The van der Waals surface area contributed by atoms with Crippen molar-refractivity contribution in [2.24, 2.45) is 0 Å². The van der Waals surface area contributed by atoms with Gasteiger partial charge in [0.05, 0.1) is 27.4 Å². The van der Waals surface area contributed by atoms with Gasteiger partial charge in [0.25, 0.3) is 11.8 Å². The first-order chi connectivity index (χ1) is 15.6. The summed E-state index contributed by atoms with van der Waals surface area (Å²) in [6, 6.07) is 6.42. The summed E-state index contributed by atoms with van der Waals surface area (Å²) in [7, 11) is 0. The maximum absolute atomic E-state index is 12.7. The van der Waals surface area contributed by atoms with Crippen LogP contribution in [0.2, 0.25) is 10.0 Å². The molecule has 2 bridgehead atoms. The summed E-state index contributed by atoms with van der Waals surface area (Å²) in [6.45, 7) is 3.73. The van der Waals surface area contributed by atoms with Gasteiger partial charge in [-0.3, -0.25) is 9.59 Å². The molecule has 3 saturated carbocycles. The standard InChI is InChI=1S/C23H27Cl2N3O5/c1-13(2)17-10-18(33-28-17)21(31)27-22-5-7-23(8-6-22,19(29)11-22)26-20(30)12-32-14-3-4-15(24)16(25)9-14/h3-4,9-10,13,19,29H,5-8,11-12H2,1-2H3,(H,26,30)(H,27,31)/t19-,22?,23?/m0/s1. The van der Waals surface area contributed by atoms with E-state index >= 15 is 0 Å². The lowest BCUT2D eigenvalue weighted by molar-refractivity contribution is -0.132. The molecule has 0 spiro atoms. The van der Waals surface area contributed by atoms with Gasteiger partial charge < -0.3 is 25.0 Å². The molecule has 3 N–H and O–H groups in total. The number of hydrogen-bond donors (Lipinski definition) is 3. The van der Waals surface area contributed by atoms with Crippen molar-refractivity contribution in [1.29, 1.82) is 0 Å². The highest BCUT2D eigenvalue weighted by atomic mass is 35.5. The average Bonchev–Trinajstić information content (AvgIpc) is 3.27. The van der Waals surface area contributed by atoms with Gasteiger partial charge in [-0.2, -0.15) is 0 Å². The third-order valence-corrected chi connectivity index (χ3v) is 7.43. The Morgan fingerprint density at radius 1 is 1.18 bits per heavy atom. The number of aromatic nitrogens is 1. The number of hydrogen-bond acceptors (Lipinski definition) is 6. The lowest BCUT2D eigenvalue weighted by Gasteiger charge is -2.56. The Bertz CT molecular complexity index is 1050. The number of amides is 2. The number of nitrogens with zero attached hydrogens (tertiary/aromatic N) is 1. The molecule has 8 nitrogen and oxygen atoms in total. The van der Waals surface area contributed by atoms with Crippen LogP contribution in [0.4, 0.5) is 0 Å². The predicted molar refractivity (Wildman–Crippen MR) is 123 cm³/mol. The topological polar surface area (TPSA) is 114 Å². The van der Waals surface area contributed by atoms with E-state index in [1.54, 1.807) is 24.3 Å². The molecular weight excluding hydrogens is 469 g/mol. The van der Waals surface area contributed by atoms with Gasteiger partial charge in [-0.1, -0.05) is 42.2 Å². The highest BCUT2D eigenvalue weighted by molar-refractivity contribution is 6.42. The third kappa shape index (κ3) is 4.98. The Balaban J connectivity index is 1.34. The van der Waals surface area contributed by atoms with Crippen LogP contribution in [0.25, 0.3) is 0 Å². The number of nitrogens with one attached hydrogen (secondary N) is 2. The lowest BCUT2D eigenvalue weighted by Crippen LogP contribution is -2.70.